The first-order chi connectivity index (χ1) is 13.5. The van der Waals surface area contributed by atoms with Crippen molar-refractivity contribution in [3.8, 4) is 5.75 Å². The Hall–Kier alpha value is -3.39. The molecule has 0 saturated heterocycles. The second-order valence-corrected chi connectivity index (χ2v) is 7.82. The van der Waals surface area contributed by atoms with Crippen molar-refractivity contribution in [3.05, 3.63) is 78.6 Å². The predicted octanol–water partition coefficient (Wildman–Crippen LogP) is 3.24. The van der Waals surface area contributed by atoms with E-state index in [1.165, 1.54) is 31.4 Å². The number of benzene rings is 2. The number of aromatic nitrogens is 1. The van der Waals surface area contributed by atoms with Gasteiger partial charge in [0.1, 0.15) is 5.75 Å². The highest BCUT2D eigenvalue weighted by Gasteiger charge is 2.17. The monoisotopic (exact) mass is 397 g/mol. The quantitative estimate of drug-likeness (QED) is 0.665. The number of pyridine rings is 1. The number of ether oxygens (including phenoxy) is 1. The predicted molar refractivity (Wildman–Crippen MR) is 105 cm³/mol. The summed E-state index contributed by atoms with van der Waals surface area (Å²) in [4.78, 5) is 16.2. The van der Waals surface area contributed by atoms with E-state index < -0.39 is 9.84 Å². The van der Waals surface area contributed by atoms with E-state index >= 15 is 0 Å². The second kappa shape index (κ2) is 8.53. The SMILES string of the molecule is COc1ccc(S(=O)(=O)c2ccc(NC(=O)NCc3ccncc3)cc2)cc1. The van der Waals surface area contributed by atoms with Gasteiger partial charge in [-0.05, 0) is 66.2 Å². The molecule has 1 heterocycles. The van der Waals surface area contributed by atoms with Crippen LogP contribution in [0.3, 0.4) is 0 Å². The van der Waals surface area contributed by atoms with Gasteiger partial charge in [0, 0.05) is 24.6 Å². The van der Waals surface area contributed by atoms with Gasteiger partial charge in [0.25, 0.3) is 0 Å². The number of nitrogens with one attached hydrogen (secondary N) is 2. The molecule has 3 rings (SSSR count). The standard InChI is InChI=1S/C20H19N3O4S/c1-27-17-4-8-19(9-5-17)28(25,26)18-6-2-16(3-7-18)23-20(24)22-14-15-10-12-21-13-11-15/h2-13H,14H2,1H3,(H2,22,23,24). The van der Waals surface area contributed by atoms with Gasteiger partial charge in [0.05, 0.1) is 16.9 Å². The van der Waals surface area contributed by atoms with E-state index in [1.807, 2.05) is 0 Å². The highest BCUT2D eigenvalue weighted by atomic mass is 32.2. The Morgan fingerprint density at radius 3 is 2.07 bits per heavy atom. The highest BCUT2D eigenvalue weighted by Crippen LogP contribution is 2.24. The summed E-state index contributed by atoms with van der Waals surface area (Å²) in [5.41, 5.74) is 1.41. The maximum absolute atomic E-state index is 12.7. The van der Waals surface area contributed by atoms with Gasteiger partial charge < -0.3 is 15.4 Å². The minimum atomic E-state index is -3.65. The minimum Gasteiger partial charge on any atom is -0.497 e. The lowest BCUT2D eigenvalue weighted by atomic mass is 10.3. The number of nitrogens with zero attached hydrogens (tertiary/aromatic N) is 1. The van der Waals surface area contributed by atoms with Crippen LogP contribution in [0.4, 0.5) is 10.5 Å². The van der Waals surface area contributed by atoms with E-state index in [0.717, 1.165) is 5.56 Å². The molecule has 0 spiro atoms. The summed E-state index contributed by atoms with van der Waals surface area (Å²) >= 11 is 0. The molecule has 2 amide bonds. The van der Waals surface area contributed by atoms with Crippen LogP contribution in [0.2, 0.25) is 0 Å². The van der Waals surface area contributed by atoms with Crippen LogP contribution in [0.15, 0.2) is 82.8 Å². The van der Waals surface area contributed by atoms with E-state index in [2.05, 4.69) is 15.6 Å². The van der Waals surface area contributed by atoms with Crippen LogP contribution in [-0.4, -0.2) is 26.5 Å². The third kappa shape index (κ3) is 4.66. The van der Waals surface area contributed by atoms with E-state index in [1.54, 1.807) is 48.8 Å². The summed E-state index contributed by atoms with van der Waals surface area (Å²) in [6, 6.07) is 15.4. The average Bonchev–Trinajstić information content (AvgIpc) is 2.73. The number of carbonyl (C=O) groups excluding carboxylic acids is 1. The van der Waals surface area contributed by atoms with Gasteiger partial charge in [-0.3, -0.25) is 4.98 Å². The number of hydrogen-bond acceptors (Lipinski definition) is 5. The van der Waals surface area contributed by atoms with Crippen LogP contribution in [0, 0.1) is 0 Å². The van der Waals surface area contributed by atoms with Gasteiger partial charge in [-0.1, -0.05) is 0 Å². The molecule has 0 unspecified atom stereocenters. The van der Waals surface area contributed by atoms with Crippen molar-refractivity contribution in [1.29, 1.82) is 0 Å². The first kappa shape index (κ1) is 19.4. The molecule has 28 heavy (non-hydrogen) atoms. The van der Waals surface area contributed by atoms with Gasteiger partial charge in [0.2, 0.25) is 9.84 Å². The number of carbonyl (C=O) groups is 1. The van der Waals surface area contributed by atoms with Crippen molar-refractivity contribution in [3.63, 3.8) is 0 Å². The van der Waals surface area contributed by atoms with Crippen LogP contribution < -0.4 is 15.4 Å². The summed E-state index contributed by atoms with van der Waals surface area (Å²) in [6.07, 6.45) is 3.30. The van der Waals surface area contributed by atoms with Crippen LogP contribution in [-0.2, 0) is 16.4 Å². The summed E-state index contributed by atoms with van der Waals surface area (Å²) < 4.78 is 30.4. The molecule has 8 heteroatoms. The van der Waals surface area contributed by atoms with Crippen molar-refractivity contribution in [2.24, 2.45) is 0 Å². The Labute approximate surface area is 163 Å². The third-order valence-corrected chi connectivity index (χ3v) is 5.78. The Morgan fingerprint density at radius 1 is 0.929 bits per heavy atom. The van der Waals surface area contributed by atoms with Crippen molar-refractivity contribution in [2.75, 3.05) is 12.4 Å². The Kier molecular flexibility index (Phi) is 5.90. The Balaban J connectivity index is 1.64. The fraction of sp³-hybridized carbons (Fsp3) is 0.100. The molecule has 2 N–H and O–H groups in total. The molecule has 7 nitrogen and oxygen atoms in total. The van der Waals surface area contributed by atoms with E-state index in [0.29, 0.717) is 18.0 Å². The number of sulfone groups is 1. The maximum Gasteiger partial charge on any atom is 0.319 e. The molecular weight excluding hydrogens is 378 g/mol. The number of urea groups is 1. The fourth-order valence-electron chi connectivity index (χ4n) is 2.47. The molecule has 0 saturated carbocycles. The van der Waals surface area contributed by atoms with Crippen molar-refractivity contribution >= 4 is 21.6 Å². The lowest BCUT2D eigenvalue weighted by Crippen LogP contribution is -2.28. The molecule has 0 aliphatic carbocycles. The van der Waals surface area contributed by atoms with Gasteiger partial charge in [-0.2, -0.15) is 0 Å². The van der Waals surface area contributed by atoms with Crippen LogP contribution >= 0.6 is 0 Å². The van der Waals surface area contributed by atoms with Crippen molar-refractivity contribution in [1.82, 2.24) is 10.3 Å². The maximum atomic E-state index is 12.7. The van der Waals surface area contributed by atoms with Crippen LogP contribution in [0.1, 0.15) is 5.56 Å². The van der Waals surface area contributed by atoms with E-state index in [4.69, 9.17) is 4.74 Å². The molecule has 0 atom stereocenters. The molecule has 1 aromatic heterocycles. The summed E-state index contributed by atoms with van der Waals surface area (Å²) in [5.74, 6) is 0.580. The molecule has 0 fully saturated rings. The lowest BCUT2D eigenvalue weighted by molar-refractivity contribution is 0.251. The average molecular weight is 397 g/mol. The van der Waals surface area contributed by atoms with Gasteiger partial charge in [-0.15, -0.1) is 0 Å². The van der Waals surface area contributed by atoms with Gasteiger partial charge in [-0.25, -0.2) is 13.2 Å². The van der Waals surface area contributed by atoms with Gasteiger partial charge >= 0.3 is 6.03 Å². The number of hydrogen-bond donors (Lipinski definition) is 2. The van der Waals surface area contributed by atoms with E-state index in [9.17, 15) is 13.2 Å². The number of anilines is 1. The topological polar surface area (TPSA) is 97.4 Å². The molecule has 0 aliphatic heterocycles. The molecular formula is C20H19N3O4S. The molecule has 2 aromatic carbocycles. The minimum absolute atomic E-state index is 0.139. The van der Waals surface area contributed by atoms with Crippen molar-refractivity contribution < 1.29 is 17.9 Å². The third-order valence-electron chi connectivity index (χ3n) is 3.99. The van der Waals surface area contributed by atoms with Crippen LogP contribution in [0.25, 0.3) is 0 Å². The summed E-state index contributed by atoms with van der Waals surface area (Å²) in [6.45, 7) is 0.359. The van der Waals surface area contributed by atoms with Crippen LogP contribution in [0.5, 0.6) is 5.75 Å². The Morgan fingerprint density at radius 2 is 1.50 bits per heavy atom. The zero-order valence-electron chi connectivity index (χ0n) is 15.1. The Bertz CT molecular complexity index is 1040. The summed E-state index contributed by atoms with van der Waals surface area (Å²) in [5, 5.41) is 5.39. The zero-order valence-corrected chi connectivity index (χ0v) is 15.9. The van der Waals surface area contributed by atoms with Crippen molar-refractivity contribution in [2.45, 2.75) is 16.3 Å². The first-order valence-electron chi connectivity index (χ1n) is 8.42. The first-order valence-corrected chi connectivity index (χ1v) is 9.90. The van der Waals surface area contributed by atoms with E-state index in [-0.39, 0.29) is 15.8 Å². The molecule has 144 valence electrons. The number of amides is 2. The number of rotatable bonds is 6. The number of methoxy groups -OCH3 is 1. The zero-order chi connectivity index (χ0) is 20.0. The largest absolute Gasteiger partial charge is 0.497 e. The lowest BCUT2D eigenvalue weighted by Gasteiger charge is -2.09. The smallest absolute Gasteiger partial charge is 0.319 e. The second-order valence-electron chi connectivity index (χ2n) is 5.87. The molecule has 0 bridgehead atoms. The highest BCUT2D eigenvalue weighted by molar-refractivity contribution is 7.91. The normalized spacial score (nSPS) is 10.9. The fourth-order valence-corrected chi connectivity index (χ4v) is 3.73. The van der Waals surface area contributed by atoms with Gasteiger partial charge in [0.15, 0.2) is 0 Å². The molecule has 0 aliphatic rings. The molecule has 0 radical (unpaired) electrons. The summed E-state index contributed by atoms with van der Waals surface area (Å²) in [7, 11) is -2.13. The molecule has 3 aromatic rings.